The highest BCUT2D eigenvalue weighted by Gasteiger charge is 2.31. The molecule has 0 aromatic heterocycles. The summed E-state index contributed by atoms with van der Waals surface area (Å²) in [5.41, 5.74) is 0. The molecule has 92 valence electrons. The molecule has 0 aromatic rings. The fourth-order valence-corrected chi connectivity index (χ4v) is 2.35. The third kappa shape index (κ3) is 3.19. The van der Waals surface area contributed by atoms with Crippen LogP contribution in [0.5, 0.6) is 0 Å². The van der Waals surface area contributed by atoms with E-state index in [9.17, 15) is 4.79 Å². The molecule has 2 aliphatic rings. The first-order chi connectivity index (χ1) is 7.81. The number of carbonyl (C=O) groups excluding carboxylic acids is 1. The van der Waals surface area contributed by atoms with Crippen LogP contribution in [0, 0.1) is 0 Å². The summed E-state index contributed by atoms with van der Waals surface area (Å²) in [6, 6.07) is 0.849. The molecule has 0 atom stereocenters. The second-order valence-corrected chi connectivity index (χ2v) is 4.86. The summed E-state index contributed by atoms with van der Waals surface area (Å²) in [7, 11) is 1.93. The average Bonchev–Trinajstić information content (AvgIpc) is 3.13. The van der Waals surface area contributed by atoms with Crippen LogP contribution < -0.4 is 5.32 Å². The number of hydrogen-bond acceptors (Lipinski definition) is 3. The fourth-order valence-electron chi connectivity index (χ4n) is 2.35. The Hall–Kier alpha value is -0.610. The number of carbonyl (C=O) groups is 1. The van der Waals surface area contributed by atoms with Gasteiger partial charge in [0.15, 0.2) is 0 Å². The van der Waals surface area contributed by atoms with Gasteiger partial charge in [0.2, 0.25) is 5.91 Å². The van der Waals surface area contributed by atoms with Crippen LogP contribution >= 0.6 is 0 Å². The predicted octanol–water partition coefficient (Wildman–Crippen LogP) is 0.293. The zero-order valence-corrected chi connectivity index (χ0v) is 10.2. The lowest BCUT2D eigenvalue weighted by atomic mass is 10.2. The standard InChI is InChI=1S/C12H23N3O/c1-13-6-2-3-12(16)15-9-7-14(8-10-15)11-4-5-11/h11,13H,2-10H2,1H3. The zero-order valence-electron chi connectivity index (χ0n) is 10.2. The number of amides is 1. The third-order valence-electron chi connectivity index (χ3n) is 3.55. The maximum Gasteiger partial charge on any atom is 0.222 e. The van der Waals surface area contributed by atoms with Gasteiger partial charge in [0.25, 0.3) is 0 Å². The second-order valence-electron chi connectivity index (χ2n) is 4.86. The lowest BCUT2D eigenvalue weighted by molar-refractivity contribution is -0.133. The summed E-state index contributed by atoms with van der Waals surface area (Å²) in [4.78, 5) is 16.4. The van der Waals surface area contributed by atoms with Crippen molar-refractivity contribution in [2.75, 3.05) is 39.8 Å². The van der Waals surface area contributed by atoms with Crippen LogP contribution in [0.2, 0.25) is 0 Å². The molecule has 1 heterocycles. The maximum atomic E-state index is 11.8. The van der Waals surface area contributed by atoms with Gasteiger partial charge in [-0.25, -0.2) is 0 Å². The molecular weight excluding hydrogens is 202 g/mol. The highest BCUT2D eigenvalue weighted by Crippen LogP contribution is 2.27. The predicted molar refractivity (Wildman–Crippen MR) is 64.3 cm³/mol. The van der Waals surface area contributed by atoms with Crippen LogP contribution in [-0.4, -0.2) is 61.5 Å². The SMILES string of the molecule is CNCCCC(=O)N1CCN(C2CC2)CC1. The van der Waals surface area contributed by atoms with Crippen molar-refractivity contribution in [3.63, 3.8) is 0 Å². The summed E-state index contributed by atoms with van der Waals surface area (Å²) < 4.78 is 0. The first kappa shape index (κ1) is 11.9. The van der Waals surface area contributed by atoms with E-state index in [0.29, 0.717) is 12.3 Å². The molecule has 2 rings (SSSR count). The van der Waals surface area contributed by atoms with E-state index in [-0.39, 0.29) is 0 Å². The Morgan fingerprint density at radius 1 is 1.25 bits per heavy atom. The quantitative estimate of drug-likeness (QED) is 0.683. The third-order valence-corrected chi connectivity index (χ3v) is 3.55. The molecule has 1 saturated heterocycles. The van der Waals surface area contributed by atoms with Gasteiger partial charge in [0, 0.05) is 38.6 Å². The Balaban J connectivity index is 1.64. The van der Waals surface area contributed by atoms with Gasteiger partial charge in [-0.05, 0) is 32.9 Å². The van der Waals surface area contributed by atoms with Crippen molar-refractivity contribution in [1.29, 1.82) is 0 Å². The Morgan fingerprint density at radius 3 is 2.50 bits per heavy atom. The van der Waals surface area contributed by atoms with Gasteiger partial charge in [-0.3, -0.25) is 9.69 Å². The number of piperazine rings is 1. The summed E-state index contributed by atoms with van der Waals surface area (Å²) in [5, 5.41) is 3.08. The van der Waals surface area contributed by atoms with Crippen LogP contribution in [0.25, 0.3) is 0 Å². The van der Waals surface area contributed by atoms with Crippen molar-refractivity contribution in [2.24, 2.45) is 0 Å². The first-order valence-electron chi connectivity index (χ1n) is 6.47. The molecule has 16 heavy (non-hydrogen) atoms. The molecule has 2 fully saturated rings. The number of nitrogens with one attached hydrogen (secondary N) is 1. The lowest BCUT2D eigenvalue weighted by Crippen LogP contribution is -2.49. The van der Waals surface area contributed by atoms with Gasteiger partial charge in [-0.1, -0.05) is 0 Å². The summed E-state index contributed by atoms with van der Waals surface area (Å²) in [6.45, 7) is 4.99. The van der Waals surface area contributed by atoms with E-state index in [0.717, 1.165) is 45.2 Å². The average molecular weight is 225 g/mol. The normalized spacial score (nSPS) is 22.4. The van der Waals surface area contributed by atoms with Crippen LogP contribution in [0.3, 0.4) is 0 Å². The maximum absolute atomic E-state index is 11.8. The molecule has 0 unspecified atom stereocenters. The monoisotopic (exact) mass is 225 g/mol. The molecular formula is C12H23N3O. The zero-order chi connectivity index (χ0) is 11.4. The highest BCUT2D eigenvalue weighted by atomic mass is 16.2. The number of hydrogen-bond donors (Lipinski definition) is 1. The molecule has 1 aliphatic heterocycles. The van der Waals surface area contributed by atoms with E-state index in [1.54, 1.807) is 0 Å². The van der Waals surface area contributed by atoms with Gasteiger partial charge < -0.3 is 10.2 Å². The van der Waals surface area contributed by atoms with Gasteiger partial charge in [0.05, 0.1) is 0 Å². The van der Waals surface area contributed by atoms with Crippen molar-refractivity contribution >= 4 is 5.91 Å². The molecule has 1 aliphatic carbocycles. The largest absolute Gasteiger partial charge is 0.340 e. The van der Waals surface area contributed by atoms with Gasteiger partial charge >= 0.3 is 0 Å². The lowest BCUT2D eigenvalue weighted by Gasteiger charge is -2.34. The van der Waals surface area contributed by atoms with Crippen molar-refractivity contribution in [2.45, 2.75) is 31.7 Å². The molecule has 0 bridgehead atoms. The molecule has 0 radical (unpaired) electrons. The minimum absolute atomic E-state index is 0.339. The Kier molecular flexibility index (Phi) is 4.18. The van der Waals surface area contributed by atoms with Crippen LogP contribution in [0.1, 0.15) is 25.7 Å². The van der Waals surface area contributed by atoms with Gasteiger partial charge in [-0.2, -0.15) is 0 Å². The van der Waals surface area contributed by atoms with Gasteiger partial charge in [-0.15, -0.1) is 0 Å². The van der Waals surface area contributed by atoms with Crippen LogP contribution in [0.15, 0.2) is 0 Å². The minimum atomic E-state index is 0.339. The van der Waals surface area contributed by atoms with Crippen LogP contribution in [0.4, 0.5) is 0 Å². The molecule has 1 amide bonds. The van der Waals surface area contributed by atoms with Crippen molar-refractivity contribution in [3.8, 4) is 0 Å². The van der Waals surface area contributed by atoms with E-state index in [1.807, 2.05) is 11.9 Å². The van der Waals surface area contributed by atoms with E-state index >= 15 is 0 Å². The van der Waals surface area contributed by atoms with Crippen LogP contribution in [-0.2, 0) is 4.79 Å². The Labute approximate surface area is 98.0 Å². The van der Waals surface area contributed by atoms with Gasteiger partial charge in [0.1, 0.15) is 0 Å². The summed E-state index contributed by atoms with van der Waals surface area (Å²) >= 11 is 0. The number of rotatable bonds is 5. The number of nitrogens with zero attached hydrogens (tertiary/aromatic N) is 2. The van der Waals surface area contributed by atoms with Crippen molar-refractivity contribution in [3.05, 3.63) is 0 Å². The fraction of sp³-hybridized carbons (Fsp3) is 0.917. The topological polar surface area (TPSA) is 35.6 Å². The molecule has 0 spiro atoms. The Morgan fingerprint density at radius 2 is 1.94 bits per heavy atom. The van der Waals surface area contributed by atoms with Crippen molar-refractivity contribution in [1.82, 2.24) is 15.1 Å². The highest BCUT2D eigenvalue weighted by molar-refractivity contribution is 5.76. The molecule has 4 nitrogen and oxygen atoms in total. The molecule has 0 aromatic carbocycles. The summed E-state index contributed by atoms with van der Waals surface area (Å²) in [6.07, 6.45) is 4.40. The van der Waals surface area contributed by atoms with E-state index < -0.39 is 0 Å². The first-order valence-corrected chi connectivity index (χ1v) is 6.47. The smallest absolute Gasteiger partial charge is 0.222 e. The second kappa shape index (κ2) is 5.64. The van der Waals surface area contributed by atoms with E-state index in [2.05, 4.69) is 10.2 Å². The molecule has 1 saturated carbocycles. The van der Waals surface area contributed by atoms with Crippen molar-refractivity contribution < 1.29 is 4.79 Å². The molecule has 1 N–H and O–H groups in total. The van der Waals surface area contributed by atoms with E-state index in [1.165, 1.54) is 12.8 Å². The minimum Gasteiger partial charge on any atom is -0.340 e. The summed E-state index contributed by atoms with van der Waals surface area (Å²) in [5.74, 6) is 0.339. The van der Waals surface area contributed by atoms with E-state index in [4.69, 9.17) is 0 Å². The molecule has 4 heteroatoms. The Bertz CT molecular complexity index is 232.